The average molecular weight is 234 g/mol. The van der Waals surface area contributed by atoms with Gasteiger partial charge < -0.3 is 10.0 Å². The molecule has 1 N–H and O–H groups in total. The number of rotatable bonds is 2. The van der Waals surface area contributed by atoms with Crippen molar-refractivity contribution in [1.82, 2.24) is 0 Å². The standard InChI is InChI=1S/C12H11FN2O2/c13-10-2-1-8(5-14)3-11(10)15-6-9(7-16)4-12(15)17/h1-3,9,16H,4,6-7H2. The summed E-state index contributed by atoms with van der Waals surface area (Å²) in [6, 6.07) is 5.80. The average Bonchev–Trinajstić information content (AvgIpc) is 2.71. The fourth-order valence-corrected chi connectivity index (χ4v) is 1.93. The molecular formula is C12H11FN2O2. The van der Waals surface area contributed by atoms with Crippen molar-refractivity contribution in [2.45, 2.75) is 6.42 Å². The normalized spacial score (nSPS) is 19.5. The third-order valence-electron chi connectivity index (χ3n) is 2.83. The minimum absolute atomic E-state index is 0.0954. The van der Waals surface area contributed by atoms with Crippen LogP contribution in [0.3, 0.4) is 0 Å². The molecule has 1 aromatic carbocycles. The summed E-state index contributed by atoms with van der Waals surface area (Å²) in [6.45, 7) is 0.197. The zero-order chi connectivity index (χ0) is 12.4. The van der Waals surface area contributed by atoms with E-state index in [4.69, 9.17) is 10.4 Å². The molecule has 2 rings (SSSR count). The molecule has 1 amide bonds. The Bertz CT molecular complexity index is 496. The van der Waals surface area contributed by atoms with Gasteiger partial charge in [-0.1, -0.05) is 0 Å². The van der Waals surface area contributed by atoms with E-state index in [0.717, 1.165) is 0 Å². The van der Waals surface area contributed by atoms with Crippen molar-refractivity contribution < 1.29 is 14.3 Å². The number of nitriles is 1. The summed E-state index contributed by atoms with van der Waals surface area (Å²) in [4.78, 5) is 12.9. The van der Waals surface area contributed by atoms with Crippen LogP contribution in [0.5, 0.6) is 0 Å². The molecule has 0 aromatic heterocycles. The second-order valence-corrected chi connectivity index (χ2v) is 4.04. The van der Waals surface area contributed by atoms with Gasteiger partial charge in [0.1, 0.15) is 5.82 Å². The predicted octanol–water partition coefficient (Wildman–Crippen LogP) is 1.04. The SMILES string of the molecule is N#Cc1ccc(F)c(N2CC(CO)CC2=O)c1. The molecule has 17 heavy (non-hydrogen) atoms. The van der Waals surface area contributed by atoms with Gasteiger partial charge in [0.2, 0.25) is 5.91 Å². The van der Waals surface area contributed by atoms with Crippen LogP contribution in [0, 0.1) is 23.1 Å². The van der Waals surface area contributed by atoms with Gasteiger partial charge in [0.15, 0.2) is 0 Å². The lowest BCUT2D eigenvalue weighted by Crippen LogP contribution is -2.26. The number of hydrogen-bond acceptors (Lipinski definition) is 3. The Balaban J connectivity index is 2.34. The van der Waals surface area contributed by atoms with Crippen LogP contribution in [-0.2, 0) is 4.79 Å². The van der Waals surface area contributed by atoms with E-state index in [1.54, 1.807) is 0 Å². The first-order valence-corrected chi connectivity index (χ1v) is 5.26. The Labute approximate surface area is 97.9 Å². The minimum atomic E-state index is -0.532. The zero-order valence-corrected chi connectivity index (χ0v) is 9.06. The van der Waals surface area contributed by atoms with E-state index >= 15 is 0 Å². The van der Waals surface area contributed by atoms with Gasteiger partial charge in [0.25, 0.3) is 0 Å². The molecule has 0 aliphatic carbocycles. The van der Waals surface area contributed by atoms with Crippen molar-refractivity contribution in [3.05, 3.63) is 29.6 Å². The fraction of sp³-hybridized carbons (Fsp3) is 0.333. The molecule has 1 unspecified atom stereocenters. The third-order valence-corrected chi connectivity index (χ3v) is 2.83. The molecule has 88 valence electrons. The predicted molar refractivity (Wildman–Crippen MR) is 58.7 cm³/mol. The van der Waals surface area contributed by atoms with Gasteiger partial charge in [-0.05, 0) is 18.2 Å². The Morgan fingerprint density at radius 3 is 2.94 bits per heavy atom. The highest BCUT2D eigenvalue weighted by molar-refractivity contribution is 5.96. The third kappa shape index (κ3) is 2.12. The quantitative estimate of drug-likeness (QED) is 0.831. The smallest absolute Gasteiger partial charge is 0.227 e. The number of carbonyl (C=O) groups excluding carboxylic acids is 1. The maximum absolute atomic E-state index is 13.6. The molecule has 0 saturated carbocycles. The van der Waals surface area contributed by atoms with Crippen LogP contribution in [0.25, 0.3) is 0 Å². The van der Waals surface area contributed by atoms with Crippen LogP contribution in [-0.4, -0.2) is 24.2 Å². The molecule has 0 bridgehead atoms. The summed E-state index contributed by atoms with van der Waals surface area (Å²) in [5.74, 6) is -0.915. The molecule has 1 aliphatic heterocycles. The lowest BCUT2D eigenvalue weighted by atomic mass is 10.1. The van der Waals surface area contributed by atoms with Gasteiger partial charge in [-0.15, -0.1) is 0 Å². The number of hydrogen-bond donors (Lipinski definition) is 1. The number of nitrogens with zero attached hydrogens (tertiary/aromatic N) is 2. The second-order valence-electron chi connectivity index (χ2n) is 4.04. The number of anilines is 1. The molecule has 1 aliphatic rings. The summed E-state index contributed by atoms with van der Waals surface area (Å²) >= 11 is 0. The van der Waals surface area contributed by atoms with Gasteiger partial charge in [-0.2, -0.15) is 5.26 Å². The van der Waals surface area contributed by atoms with E-state index in [-0.39, 0.29) is 30.5 Å². The van der Waals surface area contributed by atoms with E-state index in [2.05, 4.69) is 0 Å². The van der Waals surface area contributed by atoms with E-state index in [9.17, 15) is 9.18 Å². The lowest BCUT2D eigenvalue weighted by Gasteiger charge is -2.17. The van der Waals surface area contributed by atoms with Crippen LogP contribution in [0.4, 0.5) is 10.1 Å². The zero-order valence-electron chi connectivity index (χ0n) is 9.06. The van der Waals surface area contributed by atoms with Crippen LogP contribution in [0.1, 0.15) is 12.0 Å². The maximum atomic E-state index is 13.6. The van der Waals surface area contributed by atoms with E-state index in [1.807, 2.05) is 6.07 Å². The molecule has 1 aromatic rings. The van der Waals surface area contributed by atoms with Crippen LogP contribution >= 0.6 is 0 Å². The molecule has 1 atom stereocenters. The summed E-state index contributed by atoms with van der Waals surface area (Å²) < 4.78 is 13.6. The van der Waals surface area contributed by atoms with E-state index in [1.165, 1.54) is 23.1 Å². The number of aliphatic hydroxyl groups is 1. The van der Waals surface area contributed by atoms with Gasteiger partial charge >= 0.3 is 0 Å². The highest BCUT2D eigenvalue weighted by Crippen LogP contribution is 2.27. The summed E-state index contributed by atoms with van der Waals surface area (Å²) in [5, 5.41) is 17.7. The van der Waals surface area contributed by atoms with Crippen LogP contribution in [0.2, 0.25) is 0 Å². The topological polar surface area (TPSA) is 64.3 Å². The monoisotopic (exact) mass is 234 g/mol. The largest absolute Gasteiger partial charge is 0.396 e. The van der Waals surface area contributed by atoms with Crippen molar-refractivity contribution >= 4 is 11.6 Å². The Kier molecular flexibility index (Phi) is 3.07. The number of aliphatic hydroxyl groups excluding tert-OH is 1. The van der Waals surface area contributed by atoms with Gasteiger partial charge in [0.05, 0.1) is 17.3 Å². The first kappa shape index (κ1) is 11.6. The van der Waals surface area contributed by atoms with Crippen molar-refractivity contribution in [2.24, 2.45) is 5.92 Å². The summed E-state index contributed by atoms with van der Waals surface area (Å²) in [7, 11) is 0. The highest BCUT2D eigenvalue weighted by Gasteiger charge is 2.31. The van der Waals surface area contributed by atoms with Crippen molar-refractivity contribution in [1.29, 1.82) is 5.26 Å². The molecule has 0 spiro atoms. The fourth-order valence-electron chi connectivity index (χ4n) is 1.93. The molecule has 4 nitrogen and oxygen atoms in total. The first-order valence-electron chi connectivity index (χ1n) is 5.26. The second kappa shape index (κ2) is 4.52. The highest BCUT2D eigenvalue weighted by atomic mass is 19.1. The molecular weight excluding hydrogens is 223 g/mol. The minimum Gasteiger partial charge on any atom is -0.396 e. The Hall–Kier alpha value is -1.93. The molecule has 1 fully saturated rings. The van der Waals surface area contributed by atoms with Crippen molar-refractivity contribution in [3.8, 4) is 6.07 Å². The van der Waals surface area contributed by atoms with Gasteiger partial charge in [-0.25, -0.2) is 4.39 Å². The lowest BCUT2D eigenvalue weighted by molar-refractivity contribution is -0.117. The Morgan fingerprint density at radius 2 is 2.35 bits per heavy atom. The molecule has 1 heterocycles. The van der Waals surface area contributed by atoms with Crippen molar-refractivity contribution in [2.75, 3.05) is 18.1 Å². The number of benzene rings is 1. The number of amides is 1. The molecule has 5 heteroatoms. The van der Waals surface area contributed by atoms with E-state index in [0.29, 0.717) is 12.1 Å². The summed E-state index contributed by atoms with van der Waals surface area (Å²) in [5.41, 5.74) is 0.423. The number of halogens is 1. The van der Waals surface area contributed by atoms with E-state index < -0.39 is 5.82 Å². The maximum Gasteiger partial charge on any atom is 0.227 e. The summed E-state index contributed by atoms with van der Waals surface area (Å²) in [6.07, 6.45) is 0.215. The van der Waals surface area contributed by atoms with Crippen molar-refractivity contribution in [3.63, 3.8) is 0 Å². The molecule has 0 radical (unpaired) electrons. The van der Waals surface area contributed by atoms with Gasteiger partial charge in [-0.3, -0.25) is 4.79 Å². The Morgan fingerprint density at radius 1 is 1.59 bits per heavy atom. The molecule has 1 saturated heterocycles. The van der Waals surface area contributed by atoms with Crippen LogP contribution < -0.4 is 4.90 Å². The first-order chi connectivity index (χ1) is 8.15. The van der Waals surface area contributed by atoms with Gasteiger partial charge in [0, 0.05) is 25.5 Å². The number of carbonyl (C=O) groups is 1. The van der Waals surface area contributed by atoms with Crippen LogP contribution in [0.15, 0.2) is 18.2 Å².